The first-order valence-corrected chi connectivity index (χ1v) is 8.11. The van der Waals surface area contributed by atoms with E-state index in [-0.39, 0.29) is 22.8 Å². The van der Waals surface area contributed by atoms with Crippen LogP contribution in [0.15, 0.2) is 15.3 Å². The van der Waals surface area contributed by atoms with Crippen LogP contribution in [0.25, 0.3) is 0 Å². The summed E-state index contributed by atoms with van der Waals surface area (Å²) < 4.78 is 10.2. The number of aromatic nitrogens is 1. The van der Waals surface area contributed by atoms with Gasteiger partial charge in [0.2, 0.25) is 5.78 Å². The zero-order valence-corrected chi connectivity index (χ0v) is 15.6. The average molecular weight is 359 g/mol. The van der Waals surface area contributed by atoms with Gasteiger partial charge in [0.25, 0.3) is 0 Å². The molecule has 2 aromatic rings. The molecule has 2 aromatic heterocycles. The number of H-pyrrole nitrogens is 1. The Morgan fingerprint density at radius 2 is 1.73 bits per heavy atom. The van der Waals surface area contributed by atoms with Gasteiger partial charge in [-0.3, -0.25) is 9.59 Å². The summed E-state index contributed by atoms with van der Waals surface area (Å²) in [4.78, 5) is 51.0. The van der Waals surface area contributed by atoms with Crippen LogP contribution in [0.2, 0.25) is 0 Å². The van der Waals surface area contributed by atoms with Gasteiger partial charge in [-0.15, -0.1) is 0 Å². The van der Waals surface area contributed by atoms with Crippen LogP contribution in [0.4, 0.5) is 0 Å². The molecule has 2 heterocycles. The Labute approximate surface area is 150 Å². The van der Waals surface area contributed by atoms with Crippen LogP contribution >= 0.6 is 0 Å². The first-order valence-electron chi connectivity index (χ1n) is 8.11. The fourth-order valence-electron chi connectivity index (χ4n) is 3.06. The number of aromatic amines is 1. The van der Waals surface area contributed by atoms with E-state index in [0.29, 0.717) is 22.4 Å². The van der Waals surface area contributed by atoms with E-state index in [1.807, 2.05) is 0 Å². The van der Waals surface area contributed by atoms with Gasteiger partial charge in [0, 0.05) is 17.3 Å². The summed E-state index contributed by atoms with van der Waals surface area (Å²) in [5, 5.41) is 0. The lowest BCUT2D eigenvalue weighted by atomic mass is 10.0. The lowest BCUT2D eigenvalue weighted by Gasteiger charge is -2.14. The van der Waals surface area contributed by atoms with Crippen LogP contribution in [-0.4, -0.2) is 28.6 Å². The van der Waals surface area contributed by atoms with Crippen LogP contribution < -0.4 is 5.63 Å². The molecule has 0 spiro atoms. The number of ketones is 2. The minimum atomic E-state index is -1.08. The normalized spacial score (nSPS) is 11.9. The molecular weight excluding hydrogens is 338 g/mol. The van der Waals surface area contributed by atoms with Gasteiger partial charge in [-0.2, -0.15) is 0 Å². The van der Waals surface area contributed by atoms with E-state index >= 15 is 0 Å². The highest BCUT2D eigenvalue weighted by atomic mass is 16.5. The Balaban J connectivity index is 2.28. The molecule has 0 radical (unpaired) electrons. The monoisotopic (exact) mass is 359 g/mol. The average Bonchev–Trinajstić information content (AvgIpc) is 2.79. The highest BCUT2D eigenvalue weighted by molar-refractivity contribution is 6.05. The predicted molar refractivity (Wildman–Crippen MR) is 93.9 cm³/mol. The van der Waals surface area contributed by atoms with Gasteiger partial charge < -0.3 is 14.1 Å². The first-order chi connectivity index (χ1) is 12.0. The molecule has 7 heteroatoms. The van der Waals surface area contributed by atoms with Crippen molar-refractivity contribution in [3.8, 4) is 0 Å². The molecule has 7 nitrogen and oxygen atoms in total. The summed E-state index contributed by atoms with van der Waals surface area (Å²) >= 11 is 0. The number of hydrogen-bond donors (Lipinski definition) is 1. The minimum absolute atomic E-state index is 0.119. The van der Waals surface area contributed by atoms with E-state index in [9.17, 15) is 19.2 Å². The van der Waals surface area contributed by atoms with E-state index in [1.54, 1.807) is 20.8 Å². The number of Topliss-reactive ketones (excluding diaryl/α,β-unsaturated/α-hetero) is 2. The van der Waals surface area contributed by atoms with Crippen LogP contribution in [0, 0.1) is 27.7 Å². The summed E-state index contributed by atoms with van der Waals surface area (Å²) in [7, 11) is 0. The Kier molecular flexibility index (Phi) is 5.30. The molecule has 138 valence electrons. The third-order valence-corrected chi connectivity index (χ3v) is 4.23. The van der Waals surface area contributed by atoms with Crippen LogP contribution in [-0.2, 0) is 4.74 Å². The van der Waals surface area contributed by atoms with Gasteiger partial charge in [0.15, 0.2) is 11.9 Å². The zero-order valence-electron chi connectivity index (χ0n) is 15.6. The Morgan fingerprint density at radius 1 is 1.12 bits per heavy atom. The second kappa shape index (κ2) is 7.11. The molecule has 0 saturated carbocycles. The Bertz CT molecular complexity index is 937. The maximum absolute atomic E-state index is 12.7. The standard InChI is InChI=1S/C19H21NO6/c1-8-7-14(22)25-12(5)15(8)19(24)26-13(6)18(23)17-9(2)16(11(4)21)10(3)20-17/h7,13,20H,1-6H3/t13-/m0/s1. The van der Waals surface area contributed by atoms with Crippen molar-refractivity contribution in [2.75, 3.05) is 0 Å². The molecule has 0 saturated heterocycles. The van der Waals surface area contributed by atoms with Crippen LogP contribution in [0.3, 0.4) is 0 Å². The molecule has 0 aliphatic carbocycles. The fourth-order valence-corrected chi connectivity index (χ4v) is 3.06. The molecule has 1 atom stereocenters. The van der Waals surface area contributed by atoms with Crippen molar-refractivity contribution < 1.29 is 23.5 Å². The number of rotatable bonds is 5. The lowest BCUT2D eigenvalue weighted by molar-refractivity contribution is 0.0312. The van der Waals surface area contributed by atoms with Crippen molar-refractivity contribution in [2.24, 2.45) is 0 Å². The van der Waals surface area contributed by atoms with Crippen LogP contribution in [0.5, 0.6) is 0 Å². The second-order valence-electron chi connectivity index (χ2n) is 6.27. The summed E-state index contributed by atoms with van der Waals surface area (Å²) in [6.07, 6.45) is -1.08. The van der Waals surface area contributed by atoms with Gasteiger partial charge in [0.05, 0.1) is 5.69 Å². The van der Waals surface area contributed by atoms with Crippen molar-refractivity contribution in [1.82, 2.24) is 4.98 Å². The molecule has 0 amide bonds. The minimum Gasteiger partial charge on any atom is -0.450 e. The lowest BCUT2D eigenvalue weighted by Crippen LogP contribution is -2.26. The van der Waals surface area contributed by atoms with Crippen molar-refractivity contribution in [3.63, 3.8) is 0 Å². The number of carbonyl (C=O) groups is 3. The van der Waals surface area contributed by atoms with Gasteiger partial charge in [-0.1, -0.05) is 0 Å². The number of aryl methyl sites for hydroxylation is 3. The van der Waals surface area contributed by atoms with E-state index in [1.165, 1.54) is 26.8 Å². The summed E-state index contributed by atoms with van der Waals surface area (Å²) in [5.41, 5.74) is 1.79. The third kappa shape index (κ3) is 3.51. The number of carbonyl (C=O) groups excluding carboxylic acids is 3. The van der Waals surface area contributed by atoms with Crippen LogP contribution in [0.1, 0.15) is 67.6 Å². The zero-order chi connectivity index (χ0) is 19.8. The summed E-state index contributed by atoms with van der Waals surface area (Å²) in [6, 6.07) is 1.19. The molecule has 1 N–H and O–H groups in total. The van der Waals surface area contributed by atoms with E-state index in [0.717, 1.165) is 0 Å². The number of nitrogens with one attached hydrogen (secondary N) is 1. The summed E-state index contributed by atoms with van der Waals surface area (Å²) in [5.74, 6) is -1.22. The number of hydrogen-bond acceptors (Lipinski definition) is 6. The fraction of sp³-hybridized carbons (Fsp3) is 0.368. The predicted octanol–water partition coefficient (Wildman–Crippen LogP) is 2.83. The molecule has 0 fully saturated rings. The smallest absolute Gasteiger partial charge is 0.342 e. The number of esters is 1. The van der Waals surface area contributed by atoms with Gasteiger partial charge in [0.1, 0.15) is 11.3 Å². The largest absolute Gasteiger partial charge is 0.450 e. The molecule has 26 heavy (non-hydrogen) atoms. The Hall–Kier alpha value is -2.96. The molecule has 0 bridgehead atoms. The number of ether oxygens (including phenoxy) is 1. The van der Waals surface area contributed by atoms with Crippen molar-refractivity contribution in [2.45, 2.75) is 47.6 Å². The van der Waals surface area contributed by atoms with E-state index < -0.39 is 23.5 Å². The third-order valence-electron chi connectivity index (χ3n) is 4.23. The quantitative estimate of drug-likeness (QED) is 0.650. The highest BCUT2D eigenvalue weighted by Gasteiger charge is 2.27. The summed E-state index contributed by atoms with van der Waals surface area (Å²) in [6.45, 7) is 9.32. The maximum Gasteiger partial charge on any atom is 0.342 e. The van der Waals surface area contributed by atoms with Crippen molar-refractivity contribution in [3.05, 3.63) is 55.9 Å². The van der Waals surface area contributed by atoms with Gasteiger partial charge in [-0.25, -0.2) is 9.59 Å². The maximum atomic E-state index is 12.7. The SMILES string of the molecule is CC(=O)c1c(C)[nH]c(C(=O)[C@H](C)OC(=O)c2c(C)cc(=O)oc2C)c1C. The molecule has 0 aliphatic heterocycles. The molecule has 0 aliphatic rings. The van der Waals surface area contributed by atoms with E-state index in [4.69, 9.17) is 9.15 Å². The first kappa shape index (κ1) is 19.4. The Morgan fingerprint density at radius 3 is 2.23 bits per heavy atom. The van der Waals surface area contributed by atoms with E-state index in [2.05, 4.69) is 4.98 Å². The second-order valence-corrected chi connectivity index (χ2v) is 6.27. The molecule has 0 aromatic carbocycles. The molecule has 2 rings (SSSR count). The topological polar surface area (TPSA) is 106 Å². The highest BCUT2D eigenvalue weighted by Crippen LogP contribution is 2.21. The van der Waals surface area contributed by atoms with Gasteiger partial charge in [-0.05, 0) is 52.7 Å². The van der Waals surface area contributed by atoms with Crippen molar-refractivity contribution in [1.29, 1.82) is 0 Å². The molecule has 0 unspecified atom stereocenters. The molecular formula is C19H21NO6. The van der Waals surface area contributed by atoms with Gasteiger partial charge >= 0.3 is 11.6 Å². The van der Waals surface area contributed by atoms with Crippen molar-refractivity contribution >= 4 is 17.5 Å².